The number of nitrogens with one attached hydrogen (secondary N) is 2. The first kappa shape index (κ1) is 22.3. The Morgan fingerprint density at radius 1 is 1.19 bits per heavy atom. The maximum Gasteiger partial charge on any atom is 0.410 e. The summed E-state index contributed by atoms with van der Waals surface area (Å²) in [6.45, 7) is 6.59. The first-order valence-corrected chi connectivity index (χ1v) is 12.7. The van der Waals surface area contributed by atoms with E-state index in [0.29, 0.717) is 50.4 Å². The summed E-state index contributed by atoms with van der Waals surface area (Å²) >= 11 is 0. The summed E-state index contributed by atoms with van der Waals surface area (Å²) in [4.78, 5) is 45.7. The van der Waals surface area contributed by atoms with Gasteiger partial charge in [0, 0.05) is 31.1 Å². The van der Waals surface area contributed by atoms with E-state index in [1.54, 1.807) is 11.1 Å². The molecule has 1 aliphatic carbocycles. The predicted octanol–water partition coefficient (Wildman–Crippen LogP) is 3.45. The summed E-state index contributed by atoms with van der Waals surface area (Å²) in [6, 6.07) is 8.06. The number of oxime groups is 1. The normalized spacial score (nSPS) is 23.4. The fourth-order valence-electron chi connectivity index (χ4n) is 6.11. The predicted molar refractivity (Wildman–Crippen MR) is 135 cm³/mol. The number of benzene rings is 1. The molecule has 1 fully saturated rings. The fraction of sp³-hybridized carbons (Fsp3) is 0.444. The Morgan fingerprint density at radius 2 is 2.00 bits per heavy atom. The third-order valence-corrected chi connectivity index (χ3v) is 7.86. The minimum atomic E-state index is -0.605. The van der Waals surface area contributed by atoms with E-state index < -0.39 is 16.6 Å². The topological polar surface area (TPSA) is 122 Å². The molecular weight excluding hydrogens is 472 g/mol. The molecule has 2 amide bonds. The summed E-state index contributed by atoms with van der Waals surface area (Å²) in [6.07, 6.45) is 3.89. The number of amides is 2. The third kappa shape index (κ3) is 3.42. The van der Waals surface area contributed by atoms with Gasteiger partial charge in [0.2, 0.25) is 5.91 Å². The van der Waals surface area contributed by atoms with Gasteiger partial charge in [-0.2, -0.15) is 0 Å². The Labute approximate surface area is 213 Å². The number of hydrogen-bond donors (Lipinski definition) is 2. The van der Waals surface area contributed by atoms with Crippen LogP contribution >= 0.6 is 0 Å². The number of carbonyl (C=O) groups is 2. The first-order chi connectivity index (χ1) is 17.6. The van der Waals surface area contributed by atoms with Gasteiger partial charge >= 0.3 is 6.09 Å². The Kier molecular flexibility index (Phi) is 4.39. The maximum atomic E-state index is 13.0. The van der Waals surface area contributed by atoms with Crippen molar-refractivity contribution in [2.45, 2.75) is 63.1 Å². The van der Waals surface area contributed by atoms with E-state index in [4.69, 9.17) is 14.6 Å². The number of nitrogens with zero attached hydrogens (tertiary/aromatic N) is 4. The van der Waals surface area contributed by atoms with Gasteiger partial charge in [-0.05, 0) is 62.9 Å². The highest BCUT2D eigenvalue weighted by Crippen LogP contribution is 2.47. The van der Waals surface area contributed by atoms with Gasteiger partial charge in [-0.15, -0.1) is 0 Å². The van der Waals surface area contributed by atoms with Gasteiger partial charge < -0.3 is 24.8 Å². The van der Waals surface area contributed by atoms with Crippen molar-refractivity contribution in [2.24, 2.45) is 5.16 Å². The Bertz CT molecular complexity index is 1480. The molecule has 7 rings (SSSR count). The van der Waals surface area contributed by atoms with Gasteiger partial charge in [-0.25, -0.2) is 14.8 Å². The van der Waals surface area contributed by atoms with Crippen LogP contribution in [-0.2, 0) is 32.6 Å². The lowest BCUT2D eigenvalue weighted by molar-refractivity contribution is -0.120. The number of imidazole rings is 1. The van der Waals surface area contributed by atoms with Crippen LogP contribution in [-0.4, -0.2) is 61.9 Å². The minimum Gasteiger partial charge on any atom is -0.444 e. The molecule has 0 radical (unpaired) electrons. The molecule has 0 bridgehead atoms. The second kappa shape index (κ2) is 7.30. The molecule has 1 aromatic carbocycles. The highest BCUT2D eigenvalue weighted by Gasteiger charge is 2.51. The van der Waals surface area contributed by atoms with Crippen molar-refractivity contribution in [1.82, 2.24) is 19.9 Å². The van der Waals surface area contributed by atoms with Gasteiger partial charge in [0.25, 0.3) is 0 Å². The average Bonchev–Trinajstić information content (AvgIpc) is 3.64. The minimum absolute atomic E-state index is 0.00876. The van der Waals surface area contributed by atoms with E-state index in [1.807, 2.05) is 32.9 Å². The zero-order valence-electron chi connectivity index (χ0n) is 21.1. The standard InChI is InChI=1S/C27H28N6O4/c1-25(2,3)36-24(35)33-8-6-26(14-33)13-20(32-37-26)22-29-18-9-15-11-27(12-16(15)10-19(18)30-22)17-5-4-7-28-21(17)31-23(27)34/h4-5,7,9-10H,6,8,11-14H2,1-3H3,(H,29,30)(H,28,31,34). The monoisotopic (exact) mass is 500 g/mol. The highest BCUT2D eigenvalue weighted by molar-refractivity contribution is 6.06. The molecule has 1 saturated heterocycles. The van der Waals surface area contributed by atoms with Crippen LogP contribution in [0.1, 0.15) is 56.1 Å². The number of rotatable bonds is 1. The number of ether oxygens (including phenoxy) is 1. The van der Waals surface area contributed by atoms with Crippen molar-refractivity contribution in [3.05, 3.63) is 53.0 Å². The maximum absolute atomic E-state index is 13.0. The van der Waals surface area contributed by atoms with Gasteiger partial charge in [-0.1, -0.05) is 11.2 Å². The van der Waals surface area contributed by atoms with Crippen molar-refractivity contribution in [3.63, 3.8) is 0 Å². The van der Waals surface area contributed by atoms with Crippen LogP contribution in [0.4, 0.5) is 10.6 Å². The number of hydrogen-bond acceptors (Lipinski definition) is 7. The van der Waals surface area contributed by atoms with Crippen LogP contribution in [0.25, 0.3) is 11.0 Å². The number of aromatic nitrogens is 3. The van der Waals surface area contributed by atoms with Gasteiger partial charge in [0.15, 0.2) is 11.4 Å². The molecule has 2 spiro atoms. The molecule has 10 heteroatoms. The average molecular weight is 501 g/mol. The lowest BCUT2D eigenvalue weighted by Crippen LogP contribution is -2.39. The molecule has 3 aliphatic heterocycles. The van der Waals surface area contributed by atoms with E-state index >= 15 is 0 Å². The first-order valence-electron chi connectivity index (χ1n) is 12.7. The number of aromatic amines is 1. The summed E-state index contributed by atoms with van der Waals surface area (Å²) in [7, 11) is 0. The van der Waals surface area contributed by atoms with E-state index in [0.717, 1.165) is 33.4 Å². The SMILES string of the molecule is CC(C)(C)OC(=O)N1CCC2(CC(c3nc4cc5c(cc4[nH]3)CC3(C5)C(=O)Nc4ncccc43)=NO2)C1. The molecule has 37 heavy (non-hydrogen) atoms. The quantitative estimate of drug-likeness (QED) is 0.528. The van der Waals surface area contributed by atoms with Crippen molar-refractivity contribution >= 4 is 34.6 Å². The Balaban J connectivity index is 1.10. The van der Waals surface area contributed by atoms with Crippen LogP contribution < -0.4 is 5.32 Å². The van der Waals surface area contributed by atoms with E-state index in [2.05, 4.69) is 32.6 Å². The van der Waals surface area contributed by atoms with Crippen molar-refractivity contribution in [3.8, 4) is 0 Å². The number of anilines is 1. The fourth-order valence-corrected chi connectivity index (χ4v) is 6.11. The Hall–Kier alpha value is -3.95. The summed E-state index contributed by atoms with van der Waals surface area (Å²) in [5.74, 6) is 1.35. The molecule has 2 atom stereocenters. The molecule has 5 heterocycles. The molecule has 190 valence electrons. The van der Waals surface area contributed by atoms with Crippen LogP contribution in [0, 0.1) is 0 Å². The third-order valence-electron chi connectivity index (χ3n) is 7.86. The smallest absolute Gasteiger partial charge is 0.410 e. The number of H-pyrrole nitrogens is 1. The second-order valence-corrected chi connectivity index (χ2v) is 11.7. The molecular formula is C27H28N6O4. The van der Waals surface area contributed by atoms with Crippen LogP contribution in [0.2, 0.25) is 0 Å². The highest BCUT2D eigenvalue weighted by atomic mass is 16.7. The molecule has 2 aromatic heterocycles. The number of pyridine rings is 1. The lowest BCUT2D eigenvalue weighted by atomic mass is 9.79. The molecule has 3 aromatic rings. The van der Waals surface area contributed by atoms with Crippen LogP contribution in [0.3, 0.4) is 0 Å². The number of fused-ring (bicyclic) bond motifs is 4. The molecule has 4 aliphatic rings. The van der Waals surface area contributed by atoms with Crippen molar-refractivity contribution < 1.29 is 19.2 Å². The van der Waals surface area contributed by atoms with Crippen molar-refractivity contribution in [2.75, 3.05) is 18.4 Å². The molecule has 2 unspecified atom stereocenters. The van der Waals surface area contributed by atoms with Crippen LogP contribution in [0.5, 0.6) is 0 Å². The molecule has 0 saturated carbocycles. The summed E-state index contributed by atoms with van der Waals surface area (Å²) in [5.41, 5.74) is 4.02. The van der Waals surface area contributed by atoms with Gasteiger partial charge in [-0.3, -0.25) is 4.79 Å². The summed E-state index contributed by atoms with van der Waals surface area (Å²) < 4.78 is 5.52. The van der Waals surface area contributed by atoms with Gasteiger partial charge in [0.05, 0.1) is 23.0 Å². The lowest BCUT2D eigenvalue weighted by Gasteiger charge is -2.25. The number of likely N-dealkylation sites (tertiary alicyclic amines) is 1. The van der Waals surface area contributed by atoms with E-state index in [9.17, 15) is 9.59 Å². The van der Waals surface area contributed by atoms with Gasteiger partial charge in [0.1, 0.15) is 17.1 Å². The largest absolute Gasteiger partial charge is 0.444 e. The molecule has 2 N–H and O–H groups in total. The second-order valence-electron chi connectivity index (χ2n) is 11.7. The summed E-state index contributed by atoms with van der Waals surface area (Å²) in [5, 5.41) is 7.32. The Morgan fingerprint density at radius 3 is 2.81 bits per heavy atom. The zero-order chi connectivity index (χ0) is 25.6. The van der Waals surface area contributed by atoms with E-state index in [1.165, 1.54) is 0 Å². The van der Waals surface area contributed by atoms with E-state index in [-0.39, 0.29) is 12.0 Å². The number of carbonyl (C=O) groups excluding carboxylic acids is 2. The zero-order valence-corrected chi connectivity index (χ0v) is 21.1. The van der Waals surface area contributed by atoms with Crippen LogP contribution in [0.15, 0.2) is 35.6 Å². The molecule has 10 nitrogen and oxygen atoms in total. The van der Waals surface area contributed by atoms with Crippen molar-refractivity contribution in [1.29, 1.82) is 0 Å².